The standard InChI is InChI=1S/C13H18N2O5S/c1-9-8-11(4-5-12(9)20-3)21(18,19)15-13(17)6-7-14-10(2)16/h4-5,8H,6-7H2,1-3H3,(H,14,16)(H,15,17). The number of nitrogens with one attached hydrogen (secondary N) is 2. The molecule has 0 heterocycles. The number of carbonyl (C=O) groups excluding carboxylic acids is 2. The number of ether oxygens (including phenoxy) is 1. The minimum atomic E-state index is -3.93. The van der Waals surface area contributed by atoms with Crippen LogP contribution in [-0.4, -0.2) is 33.9 Å². The molecule has 0 radical (unpaired) electrons. The van der Waals surface area contributed by atoms with E-state index in [4.69, 9.17) is 4.74 Å². The molecule has 0 aromatic heterocycles. The van der Waals surface area contributed by atoms with E-state index in [0.29, 0.717) is 11.3 Å². The van der Waals surface area contributed by atoms with Crippen molar-refractivity contribution < 1.29 is 22.7 Å². The Morgan fingerprint density at radius 1 is 1.29 bits per heavy atom. The fraction of sp³-hybridized carbons (Fsp3) is 0.385. The molecule has 21 heavy (non-hydrogen) atoms. The summed E-state index contributed by atoms with van der Waals surface area (Å²) in [5.41, 5.74) is 0.645. The molecule has 0 aliphatic rings. The van der Waals surface area contributed by atoms with Gasteiger partial charge in [0.15, 0.2) is 0 Å². The van der Waals surface area contributed by atoms with Gasteiger partial charge < -0.3 is 10.1 Å². The van der Waals surface area contributed by atoms with Crippen molar-refractivity contribution in [2.24, 2.45) is 0 Å². The van der Waals surface area contributed by atoms with Crippen LogP contribution in [0.3, 0.4) is 0 Å². The molecule has 0 bridgehead atoms. The van der Waals surface area contributed by atoms with Crippen molar-refractivity contribution in [1.29, 1.82) is 0 Å². The Balaban J connectivity index is 2.75. The molecular weight excluding hydrogens is 296 g/mol. The lowest BCUT2D eigenvalue weighted by Gasteiger charge is -2.10. The summed E-state index contributed by atoms with van der Waals surface area (Å²) >= 11 is 0. The predicted octanol–water partition coefficient (Wildman–Crippen LogP) is 0.335. The topological polar surface area (TPSA) is 102 Å². The minimum Gasteiger partial charge on any atom is -0.496 e. The summed E-state index contributed by atoms with van der Waals surface area (Å²) in [5, 5.41) is 2.42. The van der Waals surface area contributed by atoms with Gasteiger partial charge in [0.05, 0.1) is 12.0 Å². The number of sulfonamides is 1. The summed E-state index contributed by atoms with van der Waals surface area (Å²) in [7, 11) is -2.44. The average Bonchev–Trinajstić information content (AvgIpc) is 2.37. The summed E-state index contributed by atoms with van der Waals surface area (Å²) in [6, 6.07) is 4.29. The molecular formula is C13H18N2O5S. The normalized spacial score (nSPS) is 10.8. The highest BCUT2D eigenvalue weighted by Crippen LogP contribution is 2.21. The Hall–Kier alpha value is -2.09. The first-order valence-corrected chi connectivity index (χ1v) is 7.69. The van der Waals surface area contributed by atoms with Crippen LogP contribution in [0, 0.1) is 6.92 Å². The second-order valence-corrected chi connectivity index (χ2v) is 6.08. The fourth-order valence-corrected chi connectivity index (χ4v) is 2.73. The van der Waals surface area contributed by atoms with E-state index < -0.39 is 15.9 Å². The average molecular weight is 314 g/mol. The van der Waals surface area contributed by atoms with Crippen LogP contribution >= 0.6 is 0 Å². The summed E-state index contributed by atoms with van der Waals surface area (Å²) in [5.74, 6) is -0.403. The highest BCUT2D eigenvalue weighted by Gasteiger charge is 2.18. The van der Waals surface area contributed by atoms with E-state index >= 15 is 0 Å². The molecule has 0 saturated carbocycles. The largest absolute Gasteiger partial charge is 0.496 e. The van der Waals surface area contributed by atoms with Gasteiger partial charge in [-0.25, -0.2) is 13.1 Å². The summed E-state index contributed by atoms with van der Waals surface area (Å²) in [6.45, 7) is 3.10. The van der Waals surface area contributed by atoms with Crippen molar-refractivity contribution in [1.82, 2.24) is 10.0 Å². The minimum absolute atomic E-state index is 0.0197. The maximum Gasteiger partial charge on any atom is 0.264 e. The number of hydrogen-bond acceptors (Lipinski definition) is 5. The van der Waals surface area contributed by atoms with E-state index in [2.05, 4.69) is 5.32 Å². The molecule has 0 unspecified atom stereocenters. The van der Waals surface area contributed by atoms with Gasteiger partial charge in [0.1, 0.15) is 5.75 Å². The molecule has 1 rings (SSSR count). The maximum absolute atomic E-state index is 12.0. The first kappa shape index (κ1) is 17.0. The van der Waals surface area contributed by atoms with Gasteiger partial charge in [-0.15, -0.1) is 0 Å². The van der Waals surface area contributed by atoms with E-state index in [1.165, 1.54) is 32.2 Å². The van der Waals surface area contributed by atoms with Crippen molar-refractivity contribution in [2.45, 2.75) is 25.2 Å². The number of hydrogen-bond donors (Lipinski definition) is 2. The van der Waals surface area contributed by atoms with E-state index in [1.54, 1.807) is 6.92 Å². The number of amides is 2. The van der Waals surface area contributed by atoms with Gasteiger partial charge in [-0.05, 0) is 30.7 Å². The van der Waals surface area contributed by atoms with Gasteiger partial charge in [-0.3, -0.25) is 9.59 Å². The zero-order valence-electron chi connectivity index (χ0n) is 12.1. The second-order valence-electron chi connectivity index (χ2n) is 4.39. The summed E-state index contributed by atoms with van der Waals surface area (Å²) < 4.78 is 31.1. The zero-order valence-corrected chi connectivity index (χ0v) is 12.9. The summed E-state index contributed by atoms with van der Waals surface area (Å²) in [6.07, 6.45) is -0.117. The molecule has 0 fully saturated rings. The molecule has 0 atom stereocenters. The molecule has 1 aromatic rings. The smallest absolute Gasteiger partial charge is 0.264 e. The number of rotatable bonds is 6. The Bertz CT molecular complexity index is 640. The third-order valence-electron chi connectivity index (χ3n) is 2.65. The van der Waals surface area contributed by atoms with Crippen LogP contribution in [0.25, 0.3) is 0 Å². The third-order valence-corrected chi connectivity index (χ3v) is 4.02. The van der Waals surface area contributed by atoms with Gasteiger partial charge in [0, 0.05) is 19.9 Å². The lowest BCUT2D eigenvalue weighted by molar-refractivity contribution is -0.120. The quantitative estimate of drug-likeness (QED) is 0.788. The van der Waals surface area contributed by atoms with Crippen molar-refractivity contribution in [3.05, 3.63) is 23.8 Å². The van der Waals surface area contributed by atoms with Gasteiger partial charge in [0.2, 0.25) is 11.8 Å². The monoisotopic (exact) mass is 314 g/mol. The Morgan fingerprint density at radius 2 is 1.95 bits per heavy atom. The van der Waals surface area contributed by atoms with Gasteiger partial charge in [0.25, 0.3) is 10.0 Å². The van der Waals surface area contributed by atoms with E-state index in [-0.39, 0.29) is 23.8 Å². The van der Waals surface area contributed by atoms with E-state index in [1.807, 2.05) is 4.72 Å². The second kappa shape index (κ2) is 7.07. The van der Waals surface area contributed by atoms with Crippen LogP contribution in [0.1, 0.15) is 18.9 Å². The molecule has 1 aromatic carbocycles. The van der Waals surface area contributed by atoms with E-state index in [0.717, 1.165) is 0 Å². The molecule has 116 valence electrons. The lowest BCUT2D eigenvalue weighted by atomic mass is 10.2. The Morgan fingerprint density at radius 3 is 2.48 bits per heavy atom. The molecule has 2 N–H and O–H groups in total. The number of carbonyl (C=O) groups is 2. The number of aryl methyl sites for hydroxylation is 1. The molecule has 7 nitrogen and oxygen atoms in total. The van der Waals surface area contributed by atoms with Crippen LogP contribution in [0.2, 0.25) is 0 Å². The van der Waals surface area contributed by atoms with Crippen molar-refractivity contribution in [2.75, 3.05) is 13.7 Å². The molecule has 0 aliphatic carbocycles. The first-order chi connectivity index (χ1) is 9.76. The van der Waals surface area contributed by atoms with Crippen molar-refractivity contribution in [3.8, 4) is 5.75 Å². The van der Waals surface area contributed by atoms with Crippen molar-refractivity contribution >= 4 is 21.8 Å². The Kier molecular flexibility index (Phi) is 5.71. The van der Waals surface area contributed by atoms with Crippen LogP contribution < -0.4 is 14.8 Å². The fourth-order valence-electron chi connectivity index (χ4n) is 1.63. The predicted molar refractivity (Wildman–Crippen MR) is 76.4 cm³/mol. The molecule has 0 saturated heterocycles. The highest BCUT2D eigenvalue weighted by molar-refractivity contribution is 7.90. The maximum atomic E-state index is 12.0. The van der Waals surface area contributed by atoms with Crippen molar-refractivity contribution in [3.63, 3.8) is 0 Å². The third kappa shape index (κ3) is 5.07. The number of methoxy groups -OCH3 is 1. The highest BCUT2D eigenvalue weighted by atomic mass is 32.2. The molecule has 2 amide bonds. The molecule has 0 aliphatic heterocycles. The Labute approximate surface area is 123 Å². The van der Waals surface area contributed by atoms with Gasteiger partial charge in [-0.1, -0.05) is 0 Å². The number of benzene rings is 1. The van der Waals surface area contributed by atoms with E-state index in [9.17, 15) is 18.0 Å². The van der Waals surface area contributed by atoms with Gasteiger partial charge >= 0.3 is 0 Å². The van der Waals surface area contributed by atoms with Crippen LogP contribution in [0.15, 0.2) is 23.1 Å². The zero-order chi connectivity index (χ0) is 16.0. The first-order valence-electron chi connectivity index (χ1n) is 6.21. The summed E-state index contributed by atoms with van der Waals surface area (Å²) in [4.78, 5) is 22.2. The SMILES string of the molecule is COc1ccc(S(=O)(=O)NC(=O)CCNC(C)=O)cc1C. The van der Waals surface area contributed by atoms with Crippen LogP contribution in [-0.2, 0) is 19.6 Å². The van der Waals surface area contributed by atoms with Crippen LogP contribution in [0.4, 0.5) is 0 Å². The van der Waals surface area contributed by atoms with Gasteiger partial charge in [-0.2, -0.15) is 0 Å². The molecule has 8 heteroatoms. The lowest BCUT2D eigenvalue weighted by Crippen LogP contribution is -2.33. The van der Waals surface area contributed by atoms with Crippen LogP contribution in [0.5, 0.6) is 5.75 Å². The molecule has 0 spiro atoms.